The van der Waals surface area contributed by atoms with E-state index in [0.29, 0.717) is 12.6 Å². The van der Waals surface area contributed by atoms with Crippen molar-refractivity contribution in [2.75, 3.05) is 6.54 Å². The summed E-state index contributed by atoms with van der Waals surface area (Å²) in [5.41, 5.74) is 2.08. The molecule has 0 aliphatic heterocycles. The van der Waals surface area contributed by atoms with Gasteiger partial charge in [-0.05, 0) is 37.3 Å². The number of benzene rings is 1. The van der Waals surface area contributed by atoms with Crippen LogP contribution in [-0.4, -0.2) is 23.3 Å². The number of rotatable bonds is 7. The van der Waals surface area contributed by atoms with Crippen LogP contribution in [0.5, 0.6) is 0 Å². The summed E-state index contributed by atoms with van der Waals surface area (Å²) in [5.74, 6) is 0.197. The zero-order valence-electron chi connectivity index (χ0n) is 13.0. The highest BCUT2D eigenvalue weighted by Crippen LogP contribution is 2.15. The van der Waals surface area contributed by atoms with Crippen molar-refractivity contribution in [3.63, 3.8) is 0 Å². The Morgan fingerprint density at radius 3 is 2.43 bits per heavy atom. The summed E-state index contributed by atoms with van der Waals surface area (Å²) in [6, 6.07) is 12.5. The molecule has 0 amide bonds. The van der Waals surface area contributed by atoms with E-state index in [1.807, 2.05) is 24.3 Å². The van der Waals surface area contributed by atoms with E-state index in [0.717, 1.165) is 18.5 Å². The molecule has 1 heterocycles. The molecular weight excluding hydrogens is 278 g/mol. The van der Waals surface area contributed by atoms with Crippen molar-refractivity contribution in [3.05, 3.63) is 57.8 Å². The molecule has 0 saturated heterocycles. The SMILES string of the molecule is CCc1ccc(C(=O)CN(Cc2cccs2)C(C)C)cc1. The topological polar surface area (TPSA) is 20.3 Å². The lowest BCUT2D eigenvalue weighted by molar-refractivity contribution is 0.0899. The lowest BCUT2D eigenvalue weighted by Crippen LogP contribution is -2.35. The number of Topliss-reactive ketones (excluding diaryl/α,β-unsaturated/α-hetero) is 1. The van der Waals surface area contributed by atoms with Gasteiger partial charge in [0.15, 0.2) is 5.78 Å². The van der Waals surface area contributed by atoms with Gasteiger partial charge >= 0.3 is 0 Å². The molecule has 2 rings (SSSR count). The van der Waals surface area contributed by atoms with Crippen molar-refractivity contribution in [2.24, 2.45) is 0 Å². The molecule has 0 radical (unpaired) electrons. The maximum absolute atomic E-state index is 12.4. The fourth-order valence-electron chi connectivity index (χ4n) is 2.23. The second kappa shape index (κ2) is 7.53. The van der Waals surface area contributed by atoms with Gasteiger partial charge in [-0.25, -0.2) is 0 Å². The Kier molecular flexibility index (Phi) is 5.71. The summed E-state index contributed by atoms with van der Waals surface area (Å²) in [6.07, 6.45) is 1.00. The maximum Gasteiger partial charge on any atom is 0.176 e. The van der Waals surface area contributed by atoms with Crippen molar-refractivity contribution >= 4 is 17.1 Å². The van der Waals surface area contributed by atoms with Gasteiger partial charge in [-0.2, -0.15) is 0 Å². The van der Waals surface area contributed by atoms with Crippen LogP contribution in [0.15, 0.2) is 41.8 Å². The number of thiophene rings is 1. The Balaban J connectivity index is 2.03. The van der Waals surface area contributed by atoms with Gasteiger partial charge in [0.05, 0.1) is 6.54 Å². The third-order valence-electron chi connectivity index (χ3n) is 3.70. The van der Waals surface area contributed by atoms with E-state index >= 15 is 0 Å². The maximum atomic E-state index is 12.4. The average molecular weight is 301 g/mol. The molecule has 0 aliphatic rings. The van der Waals surface area contributed by atoms with Gasteiger partial charge in [0.1, 0.15) is 0 Å². The molecule has 0 saturated carbocycles. The predicted octanol–water partition coefficient (Wildman–Crippen LogP) is 4.40. The van der Waals surface area contributed by atoms with Gasteiger partial charge in [-0.1, -0.05) is 37.3 Å². The molecule has 0 unspecified atom stereocenters. The average Bonchev–Trinajstić information content (AvgIpc) is 2.99. The zero-order chi connectivity index (χ0) is 15.2. The fourth-order valence-corrected chi connectivity index (χ4v) is 2.96. The normalized spacial score (nSPS) is 11.3. The number of hydrogen-bond acceptors (Lipinski definition) is 3. The van der Waals surface area contributed by atoms with Crippen LogP contribution in [0.3, 0.4) is 0 Å². The van der Waals surface area contributed by atoms with Crippen LogP contribution in [0.2, 0.25) is 0 Å². The van der Waals surface area contributed by atoms with Gasteiger partial charge < -0.3 is 0 Å². The Morgan fingerprint density at radius 1 is 1.19 bits per heavy atom. The monoisotopic (exact) mass is 301 g/mol. The van der Waals surface area contributed by atoms with Crippen molar-refractivity contribution in [2.45, 2.75) is 39.8 Å². The fraction of sp³-hybridized carbons (Fsp3) is 0.389. The Hall–Kier alpha value is -1.45. The van der Waals surface area contributed by atoms with Gasteiger partial charge in [0, 0.05) is 23.0 Å². The van der Waals surface area contributed by atoms with Gasteiger partial charge in [0.25, 0.3) is 0 Å². The Morgan fingerprint density at radius 2 is 1.90 bits per heavy atom. The van der Waals surface area contributed by atoms with E-state index in [2.05, 4.69) is 43.2 Å². The Labute approximate surface area is 131 Å². The number of aryl methyl sites for hydroxylation is 1. The number of hydrogen-bond donors (Lipinski definition) is 0. The lowest BCUT2D eigenvalue weighted by atomic mass is 10.1. The first-order valence-electron chi connectivity index (χ1n) is 7.48. The van der Waals surface area contributed by atoms with E-state index in [1.54, 1.807) is 11.3 Å². The molecule has 3 heteroatoms. The van der Waals surface area contributed by atoms with Crippen LogP contribution < -0.4 is 0 Å². The molecule has 2 nitrogen and oxygen atoms in total. The summed E-state index contributed by atoms with van der Waals surface area (Å²) < 4.78 is 0. The molecule has 0 bridgehead atoms. The van der Waals surface area contributed by atoms with E-state index in [4.69, 9.17) is 0 Å². The third-order valence-corrected chi connectivity index (χ3v) is 4.56. The van der Waals surface area contributed by atoms with Crippen LogP contribution in [0.25, 0.3) is 0 Å². The molecule has 0 atom stereocenters. The predicted molar refractivity (Wildman–Crippen MR) is 90.0 cm³/mol. The highest BCUT2D eigenvalue weighted by Gasteiger charge is 2.16. The highest BCUT2D eigenvalue weighted by atomic mass is 32.1. The first-order chi connectivity index (χ1) is 10.1. The summed E-state index contributed by atoms with van der Waals surface area (Å²) in [5, 5.41) is 2.08. The summed E-state index contributed by atoms with van der Waals surface area (Å²) in [4.78, 5) is 16.0. The first-order valence-corrected chi connectivity index (χ1v) is 8.36. The van der Waals surface area contributed by atoms with Gasteiger partial charge in [-0.3, -0.25) is 9.69 Å². The smallest absolute Gasteiger partial charge is 0.176 e. The lowest BCUT2D eigenvalue weighted by Gasteiger charge is -2.25. The molecule has 2 aromatic rings. The number of carbonyl (C=O) groups excluding carboxylic acids is 1. The standard InChI is InChI=1S/C18H23NOS/c1-4-15-7-9-16(10-8-15)18(20)13-19(14(2)3)12-17-6-5-11-21-17/h5-11,14H,4,12-13H2,1-3H3. The molecule has 21 heavy (non-hydrogen) atoms. The molecule has 0 fully saturated rings. The van der Waals surface area contributed by atoms with E-state index in [-0.39, 0.29) is 5.78 Å². The molecule has 112 valence electrons. The van der Waals surface area contributed by atoms with Crippen molar-refractivity contribution in [3.8, 4) is 0 Å². The number of nitrogens with zero attached hydrogens (tertiary/aromatic N) is 1. The highest BCUT2D eigenvalue weighted by molar-refractivity contribution is 7.09. The molecule has 0 aliphatic carbocycles. The van der Waals surface area contributed by atoms with Crippen LogP contribution in [-0.2, 0) is 13.0 Å². The molecule has 0 N–H and O–H groups in total. The van der Waals surface area contributed by atoms with Gasteiger partial charge in [0.2, 0.25) is 0 Å². The van der Waals surface area contributed by atoms with Crippen LogP contribution in [0, 0.1) is 0 Å². The minimum atomic E-state index is 0.197. The van der Waals surface area contributed by atoms with Gasteiger partial charge in [-0.15, -0.1) is 11.3 Å². The largest absolute Gasteiger partial charge is 0.293 e. The Bertz CT molecular complexity index is 557. The molecule has 1 aromatic heterocycles. The third kappa shape index (κ3) is 4.51. The van der Waals surface area contributed by atoms with Crippen molar-refractivity contribution in [1.29, 1.82) is 0 Å². The van der Waals surface area contributed by atoms with Crippen molar-refractivity contribution < 1.29 is 4.79 Å². The molecule has 1 aromatic carbocycles. The summed E-state index contributed by atoms with van der Waals surface area (Å²) in [7, 11) is 0. The minimum absolute atomic E-state index is 0.197. The second-order valence-electron chi connectivity index (χ2n) is 5.55. The van der Waals surface area contributed by atoms with Crippen molar-refractivity contribution in [1.82, 2.24) is 4.90 Å². The summed E-state index contributed by atoms with van der Waals surface area (Å²) in [6.45, 7) is 7.72. The van der Waals surface area contributed by atoms with E-state index in [9.17, 15) is 4.79 Å². The van der Waals surface area contributed by atoms with E-state index < -0.39 is 0 Å². The van der Waals surface area contributed by atoms with Crippen LogP contribution in [0.4, 0.5) is 0 Å². The minimum Gasteiger partial charge on any atom is -0.293 e. The van der Waals surface area contributed by atoms with Crippen LogP contribution >= 0.6 is 11.3 Å². The quantitative estimate of drug-likeness (QED) is 0.706. The van der Waals surface area contributed by atoms with E-state index in [1.165, 1.54) is 10.4 Å². The molecule has 0 spiro atoms. The second-order valence-corrected chi connectivity index (χ2v) is 6.58. The molecular formula is C18H23NOS. The number of ketones is 1. The zero-order valence-corrected chi connectivity index (χ0v) is 13.8. The summed E-state index contributed by atoms with van der Waals surface area (Å²) >= 11 is 1.74. The van der Waals surface area contributed by atoms with Crippen LogP contribution in [0.1, 0.15) is 41.6 Å². The number of carbonyl (C=O) groups is 1. The first kappa shape index (κ1) is 15.9.